The monoisotopic (exact) mass is 255 g/mol. The van der Waals surface area contributed by atoms with Gasteiger partial charge in [-0.1, -0.05) is 13.0 Å². The van der Waals surface area contributed by atoms with Crippen molar-refractivity contribution in [2.45, 2.75) is 20.3 Å². The van der Waals surface area contributed by atoms with Gasteiger partial charge < -0.3 is 4.74 Å². The number of aromatic nitrogens is 1. The van der Waals surface area contributed by atoms with E-state index in [1.54, 1.807) is 12.3 Å². The third-order valence-corrected chi connectivity index (χ3v) is 2.85. The van der Waals surface area contributed by atoms with Crippen molar-refractivity contribution < 1.29 is 9.53 Å². The summed E-state index contributed by atoms with van der Waals surface area (Å²) in [6.45, 7) is 4.67. The van der Waals surface area contributed by atoms with Gasteiger partial charge in [0.2, 0.25) is 0 Å². The van der Waals surface area contributed by atoms with Gasteiger partial charge in [0.1, 0.15) is 5.75 Å². The fourth-order valence-corrected chi connectivity index (χ4v) is 1.82. The van der Waals surface area contributed by atoms with Gasteiger partial charge in [0.05, 0.1) is 6.61 Å². The van der Waals surface area contributed by atoms with Crippen LogP contribution in [0.1, 0.15) is 29.4 Å². The summed E-state index contributed by atoms with van der Waals surface area (Å²) in [6.07, 6.45) is 3.59. The molecule has 19 heavy (non-hydrogen) atoms. The van der Waals surface area contributed by atoms with Crippen LogP contribution >= 0.6 is 0 Å². The van der Waals surface area contributed by atoms with Crippen molar-refractivity contribution in [3.63, 3.8) is 0 Å². The Morgan fingerprint density at radius 1 is 1.26 bits per heavy atom. The maximum atomic E-state index is 11.1. The lowest BCUT2D eigenvalue weighted by Crippen LogP contribution is -1.97. The number of carbonyl (C=O) groups excluding carboxylic acids is 1. The topological polar surface area (TPSA) is 39.2 Å². The smallest absolute Gasteiger partial charge is 0.150 e. The number of pyridine rings is 1. The number of hydrogen-bond donors (Lipinski definition) is 0. The molecule has 0 radical (unpaired) electrons. The maximum Gasteiger partial charge on any atom is 0.150 e. The molecule has 0 saturated heterocycles. The summed E-state index contributed by atoms with van der Waals surface area (Å²) < 4.78 is 5.60. The molecule has 0 aliphatic carbocycles. The van der Waals surface area contributed by atoms with Crippen molar-refractivity contribution in [3.05, 3.63) is 47.8 Å². The molecule has 0 aliphatic rings. The zero-order valence-electron chi connectivity index (χ0n) is 11.2. The molecule has 3 nitrogen and oxygen atoms in total. The Hall–Kier alpha value is -2.16. The molecule has 2 rings (SSSR count). The Morgan fingerprint density at radius 3 is 2.74 bits per heavy atom. The van der Waals surface area contributed by atoms with Crippen LogP contribution in [0.15, 0.2) is 36.5 Å². The quantitative estimate of drug-likeness (QED) is 0.765. The van der Waals surface area contributed by atoms with Crippen LogP contribution in [0, 0.1) is 6.92 Å². The molecule has 1 aromatic carbocycles. The van der Waals surface area contributed by atoms with E-state index in [4.69, 9.17) is 4.74 Å². The molecule has 0 N–H and O–H groups in total. The summed E-state index contributed by atoms with van der Waals surface area (Å²) in [5.41, 5.74) is 3.38. The van der Waals surface area contributed by atoms with Crippen molar-refractivity contribution in [2.75, 3.05) is 6.61 Å². The van der Waals surface area contributed by atoms with Gasteiger partial charge in [-0.25, -0.2) is 0 Å². The van der Waals surface area contributed by atoms with Crippen LogP contribution in [0.2, 0.25) is 0 Å². The van der Waals surface area contributed by atoms with Crippen LogP contribution in [0.4, 0.5) is 0 Å². The fraction of sp³-hybridized carbons (Fsp3) is 0.250. The third kappa shape index (κ3) is 3.19. The van der Waals surface area contributed by atoms with Crippen molar-refractivity contribution in [2.24, 2.45) is 0 Å². The van der Waals surface area contributed by atoms with E-state index in [9.17, 15) is 4.79 Å². The summed E-state index contributed by atoms with van der Waals surface area (Å²) in [5, 5.41) is 0. The molecule has 0 spiro atoms. The Morgan fingerprint density at radius 2 is 2.11 bits per heavy atom. The van der Waals surface area contributed by atoms with E-state index in [1.165, 1.54) is 0 Å². The highest BCUT2D eigenvalue weighted by molar-refractivity contribution is 5.88. The lowest BCUT2D eigenvalue weighted by molar-refractivity contribution is 0.112. The van der Waals surface area contributed by atoms with Crippen molar-refractivity contribution >= 4 is 6.29 Å². The molecule has 0 atom stereocenters. The highest BCUT2D eigenvalue weighted by atomic mass is 16.5. The van der Waals surface area contributed by atoms with Crippen LogP contribution in [0.25, 0.3) is 11.1 Å². The molecule has 0 saturated carbocycles. The lowest BCUT2D eigenvalue weighted by Gasteiger charge is -2.09. The number of hydrogen-bond acceptors (Lipinski definition) is 3. The second-order valence-electron chi connectivity index (χ2n) is 4.40. The first-order chi connectivity index (χ1) is 9.24. The van der Waals surface area contributed by atoms with Crippen LogP contribution < -0.4 is 4.74 Å². The second kappa shape index (κ2) is 6.14. The number of carbonyl (C=O) groups is 1. The number of nitrogens with zero attached hydrogens (tertiary/aromatic N) is 1. The average molecular weight is 255 g/mol. The molecule has 1 heterocycles. The highest BCUT2D eigenvalue weighted by Crippen LogP contribution is 2.27. The third-order valence-electron chi connectivity index (χ3n) is 2.85. The molecule has 0 unspecified atom stereocenters. The van der Waals surface area contributed by atoms with Gasteiger partial charge in [0, 0.05) is 23.0 Å². The second-order valence-corrected chi connectivity index (χ2v) is 4.40. The minimum Gasteiger partial charge on any atom is -0.494 e. The summed E-state index contributed by atoms with van der Waals surface area (Å²) in [4.78, 5) is 15.4. The Balaban J connectivity index is 2.40. The van der Waals surface area contributed by atoms with Crippen LogP contribution in [-0.4, -0.2) is 17.9 Å². The van der Waals surface area contributed by atoms with Crippen LogP contribution in [-0.2, 0) is 0 Å². The van der Waals surface area contributed by atoms with Gasteiger partial charge >= 0.3 is 0 Å². The molecule has 0 fully saturated rings. The lowest BCUT2D eigenvalue weighted by atomic mass is 10.0. The van der Waals surface area contributed by atoms with Gasteiger partial charge in [-0.05, 0) is 43.2 Å². The maximum absolute atomic E-state index is 11.1. The largest absolute Gasteiger partial charge is 0.494 e. The normalized spacial score (nSPS) is 10.2. The van der Waals surface area contributed by atoms with Gasteiger partial charge in [-0.3, -0.25) is 9.78 Å². The van der Waals surface area contributed by atoms with Crippen LogP contribution in [0.3, 0.4) is 0 Å². The van der Waals surface area contributed by atoms with E-state index in [2.05, 4.69) is 11.9 Å². The SMILES string of the molecule is CCCOc1ccc(C=O)c(-c2ccc(C)nc2)c1. The number of benzene rings is 1. The van der Waals surface area contributed by atoms with E-state index in [-0.39, 0.29) is 0 Å². The predicted octanol–water partition coefficient (Wildman–Crippen LogP) is 3.66. The summed E-state index contributed by atoms with van der Waals surface area (Å²) in [5.74, 6) is 0.781. The zero-order valence-corrected chi connectivity index (χ0v) is 11.2. The Kier molecular flexibility index (Phi) is 4.29. The van der Waals surface area contributed by atoms with Crippen molar-refractivity contribution in [1.29, 1.82) is 0 Å². The van der Waals surface area contributed by atoms with Gasteiger partial charge in [-0.2, -0.15) is 0 Å². The summed E-state index contributed by atoms with van der Waals surface area (Å²) in [6, 6.07) is 9.40. The first kappa shape index (κ1) is 13.3. The van der Waals surface area contributed by atoms with Gasteiger partial charge in [-0.15, -0.1) is 0 Å². The Bertz CT molecular complexity index is 561. The van der Waals surface area contributed by atoms with E-state index in [1.807, 2.05) is 31.2 Å². The van der Waals surface area contributed by atoms with E-state index >= 15 is 0 Å². The molecular weight excluding hydrogens is 238 g/mol. The summed E-state index contributed by atoms with van der Waals surface area (Å²) in [7, 11) is 0. The first-order valence-corrected chi connectivity index (χ1v) is 6.39. The minimum atomic E-state index is 0.648. The molecule has 1 aromatic heterocycles. The molecule has 3 heteroatoms. The molecule has 98 valence electrons. The van der Waals surface area contributed by atoms with E-state index in [0.29, 0.717) is 12.2 Å². The molecule has 0 bridgehead atoms. The van der Waals surface area contributed by atoms with Crippen molar-refractivity contribution in [1.82, 2.24) is 4.98 Å². The van der Waals surface area contributed by atoms with Crippen LogP contribution in [0.5, 0.6) is 5.75 Å². The molecular formula is C16H17NO2. The molecule has 0 aliphatic heterocycles. The zero-order chi connectivity index (χ0) is 13.7. The van der Waals surface area contributed by atoms with Gasteiger partial charge in [0.25, 0.3) is 0 Å². The molecule has 2 aromatic rings. The first-order valence-electron chi connectivity index (χ1n) is 6.39. The van der Waals surface area contributed by atoms with Crippen molar-refractivity contribution in [3.8, 4) is 16.9 Å². The van der Waals surface area contributed by atoms with E-state index < -0.39 is 0 Å². The van der Waals surface area contributed by atoms with E-state index in [0.717, 1.165) is 35.3 Å². The number of aldehydes is 1. The molecule has 0 amide bonds. The number of rotatable bonds is 5. The summed E-state index contributed by atoms with van der Waals surface area (Å²) >= 11 is 0. The predicted molar refractivity (Wildman–Crippen MR) is 75.6 cm³/mol. The standard InChI is InChI=1S/C16H17NO2/c1-3-8-19-15-7-6-14(11-18)16(9-15)13-5-4-12(2)17-10-13/h4-7,9-11H,3,8H2,1-2H3. The number of ether oxygens (including phenoxy) is 1. The average Bonchev–Trinajstić information content (AvgIpc) is 2.45. The Labute approximate surface area is 113 Å². The van der Waals surface area contributed by atoms with Gasteiger partial charge in [0.15, 0.2) is 6.29 Å². The number of aryl methyl sites for hydroxylation is 1. The minimum absolute atomic E-state index is 0.648. The highest BCUT2D eigenvalue weighted by Gasteiger charge is 2.07. The fourth-order valence-electron chi connectivity index (χ4n) is 1.82.